The SMILES string of the molecule is O=C(CSC(F)(F)F)Nc1cnccn1. The van der Waals surface area contributed by atoms with Gasteiger partial charge in [0.1, 0.15) is 0 Å². The topological polar surface area (TPSA) is 54.9 Å². The van der Waals surface area contributed by atoms with Crippen molar-refractivity contribution in [3.8, 4) is 0 Å². The molecular weight excluding hydrogens is 231 g/mol. The van der Waals surface area contributed by atoms with Crippen LogP contribution in [0.2, 0.25) is 0 Å². The second-order valence-electron chi connectivity index (χ2n) is 2.37. The summed E-state index contributed by atoms with van der Waals surface area (Å²) in [5.41, 5.74) is -4.40. The number of amides is 1. The second-order valence-corrected chi connectivity index (χ2v) is 3.41. The number of anilines is 1. The molecule has 0 atom stereocenters. The number of nitrogens with one attached hydrogen (secondary N) is 1. The van der Waals surface area contributed by atoms with Crippen molar-refractivity contribution < 1.29 is 18.0 Å². The van der Waals surface area contributed by atoms with Crippen LogP contribution in [0.1, 0.15) is 0 Å². The molecule has 4 nitrogen and oxygen atoms in total. The minimum Gasteiger partial charge on any atom is -0.309 e. The number of aromatic nitrogens is 2. The number of alkyl halides is 3. The Morgan fingerprint density at radius 3 is 2.73 bits per heavy atom. The number of carbonyl (C=O) groups excluding carboxylic acids is 1. The van der Waals surface area contributed by atoms with Gasteiger partial charge in [-0.1, -0.05) is 0 Å². The average Bonchev–Trinajstić information content (AvgIpc) is 2.15. The van der Waals surface area contributed by atoms with Gasteiger partial charge in [0, 0.05) is 12.4 Å². The highest BCUT2D eigenvalue weighted by molar-refractivity contribution is 8.00. The van der Waals surface area contributed by atoms with Gasteiger partial charge in [-0.25, -0.2) is 4.98 Å². The van der Waals surface area contributed by atoms with Gasteiger partial charge in [0.2, 0.25) is 5.91 Å². The van der Waals surface area contributed by atoms with Crippen LogP contribution < -0.4 is 5.32 Å². The molecule has 0 aromatic carbocycles. The summed E-state index contributed by atoms with van der Waals surface area (Å²) in [6, 6.07) is 0. The molecule has 0 spiro atoms. The van der Waals surface area contributed by atoms with Gasteiger partial charge in [0.05, 0.1) is 11.9 Å². The van der Waals surface area contributed by atoms with Crippen LogP contribution in [0.15, 0.2) is 18.6 Å². The van der Waals surface area contributed by atoms with Gasteiger partial charge in [-0.05, 0) is 11.8 Å². The molecule has 0 unspecified atom stereocenters. The summed E-state index contributed by atoms with van der Waals surface area (Å²) in [6.45, 7) is 0. The van der Waals surface area contributed by atoms with E-state index in [9.17, 15) is 18.0 Å². The molecule has 0 saturated carbocycles. The van der Waals surface area contributed by atoms with E-state index in [1.807, 2.05) is 0 Å². The first-order valence-electron chi connectivity index (χ1n) is 3.74. The normalized spacial score (nSPS) is 11.1. The first-order valence-corrected chi connectivity index (χ1v) is 4.72. The zero-order valence-electron chi connectivity index (χ0n) is 7.28. The van der Waals surface area contributed by atoms with E-state index in [-0.39, 0.29) is 5.82 Å². The predicted octanol–water partition coefficient (Wildman–Crippen LogP) is 1.67. The summed E-state index contributed by atoms with van der Waals surface area (Å²) in [5, 5.41) is 2.18. The zero-order valence-corrected chi connectivity index (χ0v) is 8.10. The van der Waals surface area contributed by atoms with Crippen molar-refractivity contribution >= 4 is 23.5 Å². The minimum absolute atomic E-state index is 0.130. The summed E-state index contributed by atoms with van der Waals surface area (Å²) >= 11 is -0.399. The Balaban J connectivity index is 2.38. The lowest BCUT2D eigenvalue weighted by atomic mass is 10.6. The number of nitrogens with zero attached hydrogens (tertiary/aromatic N) is 2. The van der Waals surface area contributed by atoms with Gasteiger partial charge in [-0.3, -0.25) is 9.78 Å². The number of hydrogen-bond acceptors (Lipinski definition) is 4. The molecule has 0 fully saturated rings. The van der Waals surface area contributed by atoms with Crippen molar-refractivity contribution in [2.75, 3.05) is 11.1 Å². The van der Waals surface area contributed by atoms with Crippen LogP contribution in [0.3, 0.4) is 0 Å². The third kappa shape index (κ3) is 5.21. The first kappa shape index (κ1) is 11.8. The van der Waals surface area contributed by atoms with Gasteiger partial charge < -0.3 is 5.32 Å². The van der Waals surface area contributed by atoms with Crippen LogP contribution in [0.5, 0.6) is 0 Å². The molecule has 1 rings (SSSR count). The molecule has 1 amide bonds. The fraction of sp³-hybridized carbons (Fsp3) is 0.286. The Morgan fingerprint density at radius 1 is 1.47 bits per heavy atom. The summed E-state index contributed by atoms with van der Waals surface area (Å²) < 4.78 is 35.1. The molecule has 0 aliphatic rings. The van der Waals surface area contributed by atoms with Crippen molar-refractivity contribution in [3.05, 3.63) is 18.6 Å². The van der Waals surface area contributed by atoms with E-state index in [0.717, 1.165) is 0 Å². The number of thioether (sulfide) groups is 1. The maximum Gasteiger partial charge on any atom is 0.442 e. The average molecular weight is 237 g/mol. The Morgan fingerprint density at radius 2 is 2.20 bits per heavy atom. The predicted molar refractivity (Wildman–Crippen MR) is 49.2 cm³/mol. The lowest BCUT2D eigenvalue weighted by Crippen LogP contribution is -2.17. The van der Waals surface area contributed by atoms with Gasteiger partial charge in [-0.15, -0.1) is 0 Å². The Bertz CT molecular complexity index is 330. The van der Waals surface area contributed by atoms with Crippen LogP contribution in [-0.4, -0.2) is 27.1 Å². The highest BCUT2D eigenvalue weighted by Crippen LogP contribution is 2.29. The molecule has 82 valence electrons. The van der Waals surface area contributed by atoms with Crippen LogP contribution >= 0.6 is 11.8 Å². The third-order valence-corrected chi connectivity index (χ3v) is 1.93. The van der Waals surface area contributed by atoms with Gasteiger partial charge in [-0.2, -0.15) is 13.2 Å². The molecule has 1 heterocycles. The van der Waals surface area contributed by atoms with E-state index in [0.29, 0.717) is 0 Å². The Kier molecular flexibility index (Phi) is 3.89. The molecule has 15 heavy (non-hydrogen) atoms. The molecule has 0 saturated heterocycles. The summed E-state index contributed by atoms with van der Waals surface area (Å²) in [7, 11) is 0. The molecule has 8 heteroatoms. The maximum atomic E-state index is 11.7. The quantitative estimate of drug-likeness (QED) is 0.868. The lowest BCUT2D eigenvalue weighted by Gasteiger charge is -2.05. The van der Waals surface area contributed by atoms with Crippen molar-refractivity contribution in [2.24, 2.45) is 0 Å². The molecule has 1 N–H and O–H groups in total. The van der Waals surface area contributed by atoms with Crippen molar-refractivity contribution in [1.29, 1.82) is 0 Å². The molecule has 0 aliphatic carbocycles. The smallest absolute Gasteiger partial charge is 0.309 e. The molecule has 1 aromatic rings. The molecular formula is C7H6F3N3OS. The minimum atomic E-state index is -4.40. The van der Waals surface area contributed by atoms with E-state index < -0.39 is 28.9 Å². The molecule has 1 aromatic heterocycles. The van der Waals surface area contributed by atoms with Crippen LogP contribution in [0.25, 0.3) is 0 Å². The van der Waals surface area contributed by atoms with Crippen molar-refractivity contribution in [3.63, 3.8) is 0 Å². The summed E-state index contributed by atoms with van der Waals surface area (Å²) in [5.74, 6) is -1.33. The third-order valence-electron chi connectivity index (χ3n) is 1.20. The van der Waals surface area contributed by atoms with Crippen molar-refractivity contribution in [2.45, 2.75) is 5.51 Å². The molecule has 0 radical (unpaired) electrons. The van der Waals surface area contributed by atoms with Gasteiger partial charge in [0.25, 0.3) is 0 Å². The monoisotopic (exact) mass is 237 g/mol. The van der Waals surface area contributed by atoms with E-state index in [1.54, 1.807) is 0 Å². The molecule has 0 bridgehead atoms. The number of carbonyl (C=O) groups is 1. The largest absolute Gasteiger partial charge is 0.442 e. The number of rotatable bonds is 3. The van der Waals surface area contributed by atoms with E-state index >= 15 is 0 Å². The Labute approximate surface area is 87.3 Å². The first-order chi connectivity index (χ1) is 6.97. The summed E-state index contributed by atoms with van der Waals surface area (Å²) in [6.07, 6.45) is 3.96. The van der Waals surface area contributed by atoms with Crippen LogP contribution in [-0.2, 0) is 4.79 Å². The maximum absolute atomic E-state index is 11.7. The summed E-state index contributed by atoms with van der Waals surface area (Å²) in [4.78, 5) is 18.3. The van der Waals surface area contributed by atoms with E-state index in [1.165, 1.54) is 18.6 Å². The van der Waals surface area contributed by atoms with Gasteiger partial charge >= 0.3 is 5.51 Å². The van der Waals surface area contributed by atoms with Crippen LogP contribution in [0.4, 0.5) is 19.0 Å². The van der Waals surface area contributed by atoms with E-state index in [4.69, 9.17) is 0 Å². The fourth-order valence-corrected chi connectivity index (χ4v) is 1.06. The lowest BCUT2D eigenvalue weighted by molar-refractivity contribution is -0.114. The number of hydrogen-bond donors (Lipinski definition) is 1. The Hall–Kier alpha value is -1.31. The van der Waals surface area contributed by atoms with E-state index in [2.05, 4.69) is 15.3 Å². The highest BCUT2D eigenvalue weighted by atomic mass is 32.2. The van der Waals surface area contributed by atoms with Crippen molar-refractivity contribution in [1.82, 2.24) is 9.97 Å². The second kappa shape index (κ2) is 4.96. The van der Waals surface area contributed by atoms with Crippen LogP contribution in [0, 0.1) is 0 Å². The standard InChI is InChI=1S/C7H6F3N3OS/c8-7(9,10)15-4-6(14)13-5-3-11-1-2-12-5/h1-3H,4H2,(H,12,13,14). The van der Waals surface area contributed by atoms with Gasteiger partial charge in [0.15, 0.2) is 5.82 Å². The zero-order chi connectivity index (χ0) is 11.3. The fourth-order valence-electron chi connectivity index (χ4n) is 0.690. The molecule has 0 aliphatic heterocycles. The highest BCUT2D eigenvalue weighted by Gasteiger charge is 2.29. The number of halogens is 3.